The molecule has 0 N–H and O–H groups in total. The molecule has 11 rings (SSSR count). The van der Waals surface area contributed by atoms with Crippen molar-refractivity contribution in [3.05, 3.63) is 235 Å². The number of aryl methyl sites for hydroxylation is 2. The second kappa shape index (κ2) is 17.8. The number of nitrogens with zero attached hydrogens (tertiary/aromatic N) is 3. The van der Waals surface area contributed by atoms with Gasteiger partial charge >= 0.3 is 12.4 Å². The number of alkyl halides is 6. The predicted octanol–water partition coefficient (Wildman–Crippen LogP) is 17.9. The van der Waals surface area contributed by atoms with Gasteiger partial charge in [0, 0.05) is 38.6 Å². The number of hydrogen-bond donors (Lipinski definition) is 0. The maximum absolute atomic E-state index is 14.3. The highest BCUT2D eigenvalue weighted by Crippen LogP contribution is 2.46. The fraction of sp³-hybridized carbons (Fsp3) is 0.0645. The summed E-state index contributed by atoms with van der Waals surface area (Å²) in [5.74, 6) is 0.311. The van der Waals surface area contributed by atoms with E-state index in [0.717, 1.165) is 90.6 Å². The van der Waals surface area contributed by atoms with E-state index in [4.69, 9.17) is 9.97 Å². The van der Waals surface area contributed by atoms with Gasteiger partial charge in [0.15, 0.2) is 5.82 Å². The number of rotatable bonds is 8. The quantitative estimate of drug-likeness (QED) is 0.142. The third-order valence-electron chi connectivity index (χ3n) is 13.2. The Morgan fingerprint density at radius 3 is 1.11 bits per heavy atom. The summed E-state index contributed by atoms with van der Waals surface area (Å²) in [6, 6.07) is 63.8. The van der Waals surface area contributed by atoms with E-state index < -0.39 is 23.5 Å². The second-order valence-electron chi connectivity index (χ2n) is 17.7. The van der Waals surface area contributed by atoms with E-state index in [2.05, 4.69) is 66.9 Å². The summed E-state index contributed by atoms with van der Waals surface area (Å²) in [6.07, 6.45) is -9.21. The zero-order chi connectivity index (χ0) is 49.0. The van der Waals surface area contributed by atoms with E-state index in [1.807, 2.05) is 115 Å². The summed E-state index contributed by atoms with van der Waals surface area (Å²) >= 11 is 0. The predicted molar refractivity (Wildman–Crippen MR) is 274 cm³/mol. The molecule has 9 heteroatoms. The molecule has 2 heterocycles. The first-order valence-corrected chi connectivity index (χ1v) is 23.0. The Morgan fingerprint density at radius 2 is 0.718 bits per heavy atom. The van der Waals surface area contributed by atoms with Crippen LogP contribution >= 0.6 is 0 Å². The monoisotopic (exact) mass is 941 g/mol. The van der Waals surface area contributed by atoms with Crippen molar-refractivity contribution in [2.24, 2.45) is 0 Å². The number of halogens is 6. The van der Waals surface area contributed by atoms with Crippen molar-refractivity contribution >= 4 is 21.8 Å². The van der Waals surface area contributed by atoms with Crippen LogP contribution in [0.1, 0.15) is 22.3 Å². The number of hydrogen-bond acceptors (Lipinski definition) is 2. The number of aromatic nitrogens is 3. The van der Waals surface area contributed by atoms with Gasteiger partial charge in [-0.15, -0.1) is 0 Å². The SMILES string of the molecule is Cc1ccccc1-c1ccc2c(c1)c1cc(-c3ccccc3C)ccc1n2-c1c(-c2ccc(C(F)(F)F)cc2)cc(-c2nc(-c3ccccc3)cc(-c3ccccc3)n2)cc1-c1ccc(C(F)(F)F)cc1. The van der Waals surface area contributed by atoms with Crippen LogP contribution in [0.5, 0.6) is 0 Å². The van der Waals surface area contributed by atoms with Crippen molar-refractivity contribution in [2.45, 2.75) is 26.2 Å². The van der Waals surface area contributed by atoms with Gasteiger partial charge in [-0.05, 0) is 125 Å². The maximum Gasteiger partial charge on any atom is 0.416 e. The fourth-order valence-electron chi connectivity index (χ4n) is 9.60. The highest BCUT2D eigenvalue weighted by molar-refractivity contribution is 6.13. The van der Waals surface area contributed by atoms with Crippen LogP contribution in [0.3, 0.4) is 0 Å². The van der Waals surface area contributed by atoms with Crippen molar-refractivity contribution in [1.82, 2.24) is 14.5 Å². The van der Waals surface area contributed by atoms with E-state index >= 15 is 0 Å². The molecule has 0 aliphatic carbocycles. The van der Waals surface area contributed by atoms with E-state index in [9.17, 15) is 26.3 Å². The fourth-order valence-corrected chi connectivity index (χ4v) is 9.60. The molecule has 0 fully saturated rings. The standard InChI is InChI=1S/C62H41F6N3/c1-38-13-9-11-19-49(38)44-25-31-57-53(33-44)54-34-45(50-20-12-10-14-39(50)2)26-32-58(54)71(57)59-51(40-21-27-47(28-22-40)61(63,64)65)35-46(36-52(59)41-23-29-48(30-24-41)62(66,67)68)60-69-55(42-15-5-3-6-16-42)37-56(70-60)43-17-7-4-8-18-43/h3-37H,1-2H3. The van der Waals surface area contributed by atoms with Crippen LogP contribution in [0.25, 0.3) is 106 Å². The van der Waals surface area contributed by atoms with Gasteiger partial charge in [0.25, 0.3) is 0 Å². The average molecular weight is 942 g/mol. The van der Waals surface area contributed by atoms with Crippen LogP contribution in [0.15, 0.2) is 212 Å². The summed E-state index contributed by atoms with van der Waals surface area (Å²) in [4.78, 5) is 10.3. The van der Waals surface area contributed by atoms with E-state index in [1.54, 1.807) is 0 Å². The molecule has 0 radical (unpaired) electrons. The lowest BCUT2D eigenvalue weighted by Crippen LogP contribution is -2.06. The van der Waals surface area contributed by atoms with Crippen molar-refractivity contribution in [3.63, 3.8) is 0 Å². The lowest BCUT2D eigenvalue weighted by Gasteiger charge is -2.22. The van der Waals surface area contributed by atoms with Gasteiger partial charge in [-0.1, -0.05) is 146 Å². The Morgan fingerprint density at radius 1 is 0.338 bits per heavy atom. The maximum atomic E-state index is 14.3. The second-order valence-corrected chi connectivity index (χ2v) is 17.7. The zero-order valence-electron chi connectivity index (χ0n) is 38.3. The van der Waals surface area contributed by atoms with Gasteiger partial charge < -0.3 is 4.57 Å². The third kappa shape index (κ3) is 8.54. The first-order valence-electron chi connectivity index (χ1n) is 23.0. The molecule has 0 spiro atoms. The van der Waals surface area contributed by atoms with Crippen molar-refractivity contribution in [3.8, 4) is 84.1 Å². The molecule has 0 aliphatic rings. The van der Waals surface area contributed by atoms with Crippen molar-refractivity contribution < 1.29 is 26.3 Å². The number of fused-ring (bicyclic) bond motifs is 3. The minimum absolute atomic E-state index is 0.311. The van der Waals surface area contributed by atoms with Crippen LogP contribution in [0.2, 0.25) is 0 Å². The minimum atomic E-state index is -4.61. The molecule has 2 aromatic heterocycles. The molecule has 346 valence electrons. The molecule has 0 bridgehead atoms. The Balaban J connectivity index is 1.27. The molecule has 71 heavy (non-hydrogen) atoms. The lowest BCUT2D eigenvalue weighted by atomic mass is 9.91. The Kier molecular flexibility index (Phi) is 11.2. The normalized spacial score (nSPS) is 11.9. The summed E-state index contributed by atoms with van der Waals surface area (Å²) in [5, 5.41) is 1.81. The molecule has 0 atom stereocenters. The van der Waals surface area contributed by atoms with E-state index in [-0.39, 0.29) is 0 Å². The summed E-state index contributed by atoms with van der Waals surface area (Å²) in [7, 11) is 0. The molecule has 11 aromatic rings. The summed E-state index contributed by atoms with van der Waals surface area (Å²) in [5.41, 5.74) is 12.0. The largest absolute Gasteiger partial charge is 0.416 e. The molecular formula is C62H41F6N3. The van der Waals surface area contributed by atoms with Crippen molar-refractivity contribution in [1.29, 1.82) is 0 Å². The molecular weight excluding hydrogens is 901 g/mol. The molecule has 0 aliphatic heterocycles. The van der Waals surface area contributed by atoms with Crippen LogP contribution in [-0.4, -0.2) is 14.5 Å². The highest BCUT2D eigenvalue weighted by Gasteiger charge is 2.32. The van der Waals surface area contributed by atoms with E-state index in [1.165, 1.54) is 24.3 Å². The van der Waals surface area contributed by atoms with Gasteiger partial charge in [0.1, 0.15) is 0 Å². The lowest BCUT2D eigenvalue weighted by molar-refractivity contribution is -0.138. The third-order valence-corrected chi connectivity index (χ3v) is 13.2. The first kappa shape index (κ1) is 44.9. The molecule has 0 saturated carbocycles. The van der Waals surface area contributed by atoms with Gasteiger partial charge in [-0.2, -0.15) is 26.3 Å². The van der Waals surface area contributed by atoms with Crippen molar-refractivity contribution in [2.75, 3.05) is 0 Å². The molecule has 9 aromatic carbocycles. The van der Waals surface area contributed by atoms with Crippen LogP contribution < -0.4 is 0 Å². The van der Waals surface area contributed by atoms with E-state index in [0.29, 0.717) is 50.7 Å². The summed E-state index contributed by atoms with van der Waals surface area (Å²) in [6.45, 7) is 4.13. The number of benzene rings is 9. The van der Waals surface area contributed by atoms with Gasteiger partial charge in [-0.3, -0.25) is 0 Å². The molecule has 3 nitrogen and oxygen atoms in total. The summed E-state index contributed by atoms with van der Waals surface area (Å²) < 4.78 is 87.7. The smallest absolute Gasteiger partial charge is 0.308 e. The minimum Gasteiger partial charge on any atom is -0.308 e. The van der Waals surface area contributed by atoms with Gasteiger partial charge in [-0.25, -0.2) is 9.97 Å². The van der Waals surface area contributed by atoms with Gasteiger partial charge in [0.2, 0.25) is 0 Å². The van der Waals surface area contributed by atoms with Crippen LogP contribution in [-0.2, 0) is 12.4 Å². The Hall–Kier alpha value is -8.56. The molecule has 0 unspecified atom stereocenters. The molecule has 0 saturated heterocycles. The van der Waals surface area contributed by atoms with Crippen LogP contribution in [0, 0.1) is 13.8 Å². The molecule has 0 amide bonds. The van der Waals surface area contributed by atoms with Crippen LogP contribution in [0.4, 0.5) is 26.3 Å². The Bertz CT molecular complexity index is 3540. The first-order chi connectivity index (χ1) is 34.3. The topological polar surface area (TPSA) is 30.7 Å². The van der Waals surface area contributed by atoms with Gasteiger partial charge in [0.05, 0.1) is 39.2 Å². The highest BCUT2D eigenvalue weighted by atomic mass is 19.4. The average Bonchev–Trinajstić information content (AvgIpc) is 3.71. The Labute approximate surface area is 406 Å². The zero-order valence-corrected chi connectivity index (χ0v) is 38.3.